The highest BCUT2D eigenvalue weighted by molar-refractivity contribution is 5.98. The van der Waals surface area contributed by atoms with Gasteiger partial charge in [0.2, 0.25) is 17.7 Å². The minimum absolute atomic E-state index is 0.0999. The third kappa shape index (κ3) is 6.47. The van der Waals surface area contributed by atoms with Crippen LogP contribution in [0.5, 0.6) is 0 Å². The van der Waals surface area contributed by atoms with E-state index in [2.05, 4.69) is 10.6 Å². The van der Waals surface area contributed by atoms with Gasteiger partial charge in [0.15, 0.2) is 5.78 Å². The number of hydrogen-bond donors (Lipinski definition) is 2. The first kappa shape index (κ1) is 26.2. The Labute approximate surface area is 210 Å². The molecule has 0 aromatic heterocycles. The summed E-state index contributed by atoms with van der Waals surface area (Å²) in [7, 11) is 0. The Morgan fingerprint density at radius 3 is 2.69 bits per heavy atom. The molecule has 2 N–H and O–H groups in total. The van der Waals surface area contributed by atoms with Gasteiger partial charge in [-0.25, -0.2) is 4.39 Å². The lowest BCUT2D eigenvalue weighted by molar-refractivity contribution is -0.140. The van der Waals surface area contributed by atoms with Crippen LogP contribution >= 0.6 is 0 Å². The summed E-state index contributed by atoms with van der Waals surface area (Å²) < 4.78 is 25.2. The van der Waals surface area contributed by atoms with Crippen LogP contribution in [0.3, 0.4) is 0 Å². The molecule has 0 unspecified atom stereocenters. The molecule has 0 aliphatic carbocycles. The van der Waals surface area contributed by atoms with E-state index >= 15 is 0 Å². The van der Waals surface area contributed by atoms with Crippen molar-refractivity contribution in [2.24, 2.45) is 0 Å². The fourth-order valence-corrected chi connectivity index (χ4v) is 4.71. The fourth-order valence-electron chi connectivity index (χ4n) is 4.71. The summed E-state index contributed by atoms with van der Waals surface area (Å²) in [5.41, 5.74) is -0.0809. The molecule has 1 aromatic rings. The number of carbonyl (C=O) groups is 4. The molecule has 4 rings (SSSR count). The molecule has 0 saturated carbocycles. The van der Waals surface area contributed by atoms with Crippen molar-refractivity contribution < 1.29 is 33.0 Å². The van der Waals surface area contributed by atoms with E-state index in [0.29, 0.717) is 19.4 Å². The number of carbonyl (C=O) groups excluding carboxylic acids is 4. The molecule has 5 atom stereocenters. The lowest BCUT2D eigenvalue weighted by atomic mass is 9.94. The van der Waals surface area contributed by atoms with Gasteiger partial charge in [-0.15, -0.1) is 0 Å². The largest absolute Gasteiger partial charge is 0.379 e. The van der Waals surface area contributed by atoms with Crippen LogP contribution in [0.4, 0.5) is 4.39 Å². The van der Waals surface area contributed by atoms with Gasteiger partial charge in [-0.3, -0.25) is 19.2 Å². The average molecular weight is 504 g/mol. The van der Waals surface area contributed by atoms with Gasteiger partial charge in [0.25, 0.3) is 0 Å². The molecule has 0 radical (unpaired) electrons. The van der Waals surface area contributed by atoms with E-state index in [1.807, 2.05) is 30.3 Å². The van der Waals surface area contributed by atoms with Crippen LogP contribution in [-0.4, -0.2) is 84.7 Å². The van der Waals surface area contributed by atoms with E-state index in [0.717, 1.165) is 12.0 Å². The monoisotopic (exact) mass is 503 g/mol. The summed E-state index contributed by atoms with van der Waals surface area (Å²) >= 11 is 0. The predicted molar refractivity (Wildman–Crippen MR) is 128 cm³/mol. The Morgan fingerprint density at radius 2 is 1.97 bits per heavy atom. The maximum absolute atomic E-state index is 14.2. The zero-order chi connectivity index (χ0) is 25.7. The van der Waals surface area contributed by atoms with Gasteiger partial charge in [0.05, 0.1) is 25.8 Å². The van der Waals surface area contributed by atoms with Gasteiger partial charge in [-0.05, 0) is 31.7 Å². The number of nitrogens with zero attached hydrogens (tertiary/aromatic N) is 1. The normalized spacial score (nSPS) is 30.2. The van der Waals surface area contributed by atoms with Gasteiger partial charge in [-0.2, -0.15) is 0 Å². The maximum Gasteiger partial charge on any atom is 0.245 e. The van der Waals surface area contributed by atoms with Crippen molar-refractivity contribution in [2.75, 3.05) is 26.4 Å². The van der Waals surface area contributed by atoms with Crippen molar-refractivity contribution in [2.45, 2.75) is 75.3 Å². The maximum atomic E-state index is 14.2. The second kappa shape index (κ2) is 11.5. The van der Waals surface area contributed by atoms with Crippen LogP contribution in [0.1, 0.15) is 44.6 Å². The highest BCUT2D eigenvalue weighted by atomic mass is 19.1. The third-order valence-electron chi connectivity index (χ3n) is 6.98. The van der Waals surface area contributed by atoms with Crippen LogP contribution in [-0.2, 0) is 35.1 Å². The van der Waals surface area contributed by atoms with E-state index in [-0.39, 0.29) is 50.7 Å². The van der Waals surface area contributed by atoms with E-state index < -0.39 is 41.7 Å². The van der Waals surface area contributed by atoms with Crippen molar-refractivity contribution >= 4 is 23.5 Å². The molecule has 3 heterocycles. The van der Waals surface area contributed by atoms with Crippen molar-refractivity contribution in [3.05, 3.63) is 35.9 Å². The summed E-state index contributed by atoms with van der Waals surface area (Å²) in [6.45, 7) is 2.11. The van der Waals surface area contributed by atoms with E-state index in [9.17, 15) is 23.6 Å². The molecule has 3 fully saturated rings. The third-order valence-corrected chi connectivity index (χ3v) is 6.98. The average Bonchev–Trinajstić information content (AvgIpc) is 3.49. The van der Waals surface area contributed by atoms with Crippen molar-refractivity contribution in [3.63, 3.8) is 0 Å². The number of halogens is 1. The number of rotatable bonds is 6. The minimum Gasteiger partial charge on any atom is -0.379 e. The summed E-state index contributed by atoms with van der Waals surface area (Å²) in [5, 5.41) is 5.44. The first-order chi connectivity index (χ1) is 17.3. The van der Waals surface area contributed by atoms with Gasteiger partial charge in [0, 0.05) is 19.4 Å². The molecule has 0 bridgehead atoms. The summed E-state index contributed by atoms with van der Waals surface area (Å²) in [4.78, 5) is 53.5. The predicted octanol–water partition coefficient (Wildman–Crippen LogP) is 1.09. The molecule has 3 aliphatic heterocycles. The molecule has 3 aliphatic rings. The fraction of sp³-hybridized carbons (Fsp3) is 0.615. The number of alkyl halides is 1. The number of amides is 3. The Kier molecular flexibility index (Phi) is 8.35. The van der Waals surface area contributed by atoms with E-state index in [4.69, 9.17) is 9.47 Å². The molecule has 196 valence electrons. The Bertz CT molecular complexity index is 970. The number of benzene rings is 1. The van der Waals surface area contributed by atoms with Gasteiger partial charge >= 0.3 is 0 Å². The molecule has 0 spiro atoms. The van der Waals surface area contributed by atoms with E-state index in [1.165, 1.54) is 4.90 Å². The second-order valence-electron chi connectivity index (χ2n) is 9.98. The summed E-state index contributed by atoms with van der Waals surface area (Å²) in [6, 6.07) is 6.35. The lowest BCUT2D eigenvalue weighted by Crippen LogP contribution is -2.58. The van der Waals surface area contributed by atoms with Gasteiger partial charge < -0.3 is 25.0 Å². The topological polar surface area (TPSA) is 117 Å². The molecule has 3 amide bonds. The van der Waals surface area contributed by atoms with Crippen LogP contribution in [0.15, 0.2) is 30.3 Å². The molecule has 9 nitrogen and oxygen atoms in total. The quantitative estimate of drug-likeness (QED) is 0.562. The van der Waals surface area contributed by atoms with Crippen molar-refractivity contribution in [1.82, 2.24) is 15.5 Å². The number of ketones is 1. The summed E-state index contributed by atoms with van der Waals surface area (Å²) in [5.74, 6) is -1.69. The number of Topliss-reactive ketones (excluding diaryl/α,β-unsaturated/α-hetero) is 1. The van der Waals surface area contributed by atoms with Crippen LogP contribution < -0.4 is 10.6 Å². The zero-order valence-corrected chi connectivity index (χ0v) is 20.5. The number of fused-ring (bicyclic) bond motifs is 1. The minimum atomic E-state index is -1.30. The number of nitrogens with one attached hydrogen (secondary N) is 2. The molecule has 10 heteroatoms. The lowest BCUT2D eigenvalue weighted by Gasteiger charge is -2.27. The molecular formula is C26H34FN3O6. The van der Waals surface area contributed by atoms with Crippen molar-refractivity contribution in [1.29, 1.82) is 0 Å². The van der Waals surface area contributed by atoms with E-state index in [1.54, 1.807) is 6.92 Å². The van der Waals surface area contributed by atoms with Crippen LogP contribution in [0.2, 0.25) is 0 Å². The first-order valence-corrected chi connectivity index (χ1v) is 12.6. The Hall–Kier alpha value is -2.85. The highest BCUT2D eigenvalue weighted by Gasteiger charge is 2.50. The standard InChI is InChI=1S/C26H34FN3O6/c1-26(16-36-26)23(32)19(12-17-8-4-2-5-9-17)28-24(33)20-15-35-11-7-3-6-10-22(31)30-14-18(27)13-21(30)25(34)29-20/h2,4-5,8-9,18-21H,3,6-7,10-16H2,1H3,(H,28,33)(H,29,34)/t18-,19+,20+,21+,26-/m1/s1. The number of hydrogen-bond acceptors (Lipinski definition) is 6. The number of ether oxygens (including phenoxy) is 2. The second-order valence-corrected chi connectivity index (χ2v) is 9.98. The SMILES string of the molecule is C[C@]1(C(=O)[C@H](Cc2ccccc2)NC(=O)[C@@H]2COCCCCCC(=O)N3C[C@H](F)C[C@H]3C(=O)N2)CO1. The zero-order valence-electron chi connectivity index (χ0n) is 20.5. The Balaban J connectivity index is 1.50. The van der Waals surface area contributed by atoms with Gasteiger partial charge in [-0.1, -0.05) is 36.8 Å². The smallest absolute Gasteiger partial charge is 0.245 e. The molecular weight excluding hydrogens is 469 g/mol. The van der Waals surface area contributed by atoms with Crippen molar-refractivity contribution in [3.8, 4) is 0 Å². The van der Waals surface area contributed by atoms with Crippen LogP contribution in [0.25, 0.3) is 0 Å². The van der Waals surface area contributed by atoms with Crippen LogP contribution in [0, 0.1) is 0 Å². The first-order valence-electron chi connectivity index (χ1n) is 12.6. The molecule has 36 heavy (non-hydrogen) atoms. The molecule has 1 aromatic carbocycles. The highest BCUT2D eigenvalue weighted by Crippen LogP contribution is 2.29. The van der Waals surface area contributed by atoms with Gasteiger partial charge in [0.1, 0.15) is 23.9 Å². The molecule has 3 saturated heterocycles. The summed E-state index contributed by atoms with van der Waals surface area (Å²) in [6.07, 6.45) is 1.15. The Morgan fingerprint density at radius 1 is 1.22 bits per heavy atom. The number of epoxide rings is 1.